The van der Waals surface area contributed by atoms with Crippen LogP contribution in [0.25, 0.3) is 0 Å². The molecule has 0 bridgehead atoms. The fourth-order valence-corrected chi connectivity index (χ4v) is 2.54. The molecule has 0 heterocycles. The lowest BCUT2D eigenvalue weighted by Crippen LogP contribution is -2.35. The predicted molar refractivity (Wildman–Crippen MR) is 97.9 cm³/mol. The van der Waals surface area contributed by atoms with Gasteiger partial charge >= 0.3 is 0 Å². The number of rotatable bonds is 7. The van der Waals surface area contributed by atoms with E-state index in [0.29, 0.717) is 27.5 Å². The predicted octanol–water partition coefficient (Wildman–Crippen LogP) is 2.15. The third-order valence-electron chi connectivity index (χ3n) is 3.50. The summed E-state index contributed by atoms with van der Waals surface area (Å²) >= 11 is 4.25. The van der Waals surface area contributed by atoms with Gasteiger partial charge in [0.15, 0.2) is 0 Å². The lowest BCUT2D eigenvalue weighted by molar-refractivity contribution is 0.0922. The number of hydrogen-bond donors (Lipinski definition) is 3. The molecule has 0 fully saturated rings. The van der Waals surface area contributed by atoms with E-state index in [0.717, 1.165) is 0 Å². The summed E-state index contributed by atoms with van der Waals surface area (Å²) in [6.45, 7) is 0.546. The average Bonchev–Trinajstić information content (AvgIpc) is 2.64. The van der Waals surface area contributed by atoms with E-state index in [1.807, 2.05) is 0 Å². The molecule has 2 amide bonds. The van der Waals surface area contributed by atoms with Crippen molar-refractivity contribution in [3.63, 3.8) is 0 Å². The van der Waals surface area contributed by atoms with Gasteiger partial charge in [0.25, 0.3) is 11.8 Å². The molecule has 2 aromatic carbocycles. The van der Waals surface area contributed by atoms with Gasteiger partial charge < -0.3 is 20.1 Å². The summed E-state index contributed by atoms with van der Waals surface area (Å²) in [7, 11) is 2.97. The normalized spacial score (nSPS) is 10.0. The summed E-state index contributed by atoms with van der Waals surface area (Å²) in [5.74, 6) is 0.266. The molecule has 2 aromatic rings. The first kappa shape index (κ1) is 18.7. The Kier molecular flexibility index (Phi) is 6.71. The highest BCUT2D eigenvalue weighted by Crippen LogP contribution is 2.27. The molecule has 2 N–H and O–H groups in total. The fraction of sp³-hybridized carbons (Fsp3) is 0.222. The van der Waals surface area contributed by atoms with Crippen LogP contribution in [0.1, 0.15) is 20.7 Å². The molecule has 0 radical (unpaired) electrons. The number of nitrogens with one attached hydrogen (secondary N) is 2. The maximum Gasteiger partial charge on any atom is 0.258 e. The van der Waals surface area contributed by atoms with Gasteiger partial charge in [-0.15, -0.1) is 12.6 Å². The Hall–Kier alpha value is -2.67. The SMILES string of the molecule is COc1cccc(OC)c1C(=O)NCCNC(=O)c1ccccc1S. The van der Waals surface area contributed by atoms with Crippen molar-refractivity contribution in [2.45, 2.75) is 4.90 Å². The molecule has 0 unspecified atom stereocenters. The Bertz CT molecular complexity index is 742. The second-order valence-corrected chi connectivity index (χ2v) is 5.55. The van der Waals surface area contributed by atoms with Crippen LogP contribution in [0.3, 0.4) is 0 Å². The smallest absolute Gasteiger partial charge is 0.258 e. The Labute approximate surface area is 151 Å². The number of methoxy groups -OCH3 is 2. The highest BCUT2D eigenvalue weighted by atomic mass is 32.1. The molecule has 0 aliphatic rings. The van der Waals surface area contributed by atoms with Crippen LogP contribution in [-0.4, -0.2) is 39.1 Å². The van der Waals surface area contributed by atoms with Crippen LogP contribution < -0.4 is 20.1 Å². The van der Waals surface area contributed by atoms with Gasteiger partial charge in [-0.05, 0) is 24.3 Å². The Morgan fingerprint density at radius 3 is 2.00 bits per heavy atom. The van der Waals surface area contributed by atoms with Crippen molar-refractivity contribution in [2.24, 2.45) is 0 Å². The molecule has 132 valence electrons. The van der Waals surface area contributed by atoms with Crippen LogP contribution in [0.15, 0.2) is 47.4 Å². The first-order valence-electron chi connectivity index (χ1n) is 7.64. The average molecular weight is 360 g/mol. The fourth-order valence-electron chi connectivity index (χ4n) is 2.28. The monoisotopic (exact) mass is 360 g/mol. The summed E-state index contributed by atoms with van der Waals surface area (Å²) < 4.78 is 10.4. The van der Waals surface area contributed by atoms with E-state index < -0.39 is 0 Å². The number of thiol groups is 1. The lowest BCUT2D eigenvalue weighted by atomic mass is 10.1. The third kappa shape index (κ3) is 4.67. The molecule has 0 aromatic heterocycles. The second-order valence-electron chi connectivity index (χ2n) is 5.07. The van der Waals surface area contributed by atoms with E-state index in [-0.39, 0.29) is 24.9 Å². The van der Waals surface area contributed by atoms with E-state index in [1.54, 1.807) is 42.5 Å². The largest absolute Gasteiger partial charge is 0.496 e. The van der Waals surface area contributed by atoms with Crippen molar-refractivity contribution in [3.05, 3.63) is 53.6 Å². The van der Waals surface area contributed by atoms with E-state index in [4.69, 9.17) is 9.47 Å². The maximum absolute atomic E-state index is 12.4. The van der Waals surface area contributed by atoms with Crippen molar-refractivity contribution in [3.8, 4) is 11.5 Å². The summed E-state index contributed by atoms with van der Waals surface area (Å²) in [5.41, 5.74) is 0.808. The second kappa shape index (κ2) is 8.98. The number of amides is 2. The van der Waals surface area contributed by atoms with Gasteiger partial charge in [0, 0.05) is 18.0 Å². The maximum atomic E-state index is 12.4. The van der Waals surface area contributed by atoms with Gasteiger partial charge in [-0.3, -0.25) is 9.59 Å². The molecule has 0 aliphatic carbocycles. The molecule has 0 atom stereocenters. The minimum absolute atomic E-state index is 0.241. The first-order chi connectivity index (χ1) is 12.1. The first-order valence-corrected chi connectivity index (χ1v) is 8.08. The summed E-state index contributed by atoms with van der Waals surface area (Å²) in [4.78, 5) is 25.0. The zero-order valence-corrected chi connectivity index (χ0v) is 14.9. The van der Waals surface area contributed by atoms with Crippen LogP contribution >= 0.6 is 12.6 Å². The minimum Gasteiger partial charge on any atom is -0.496 e. The van der Waals surface area contributed by atoms with Crippen molar-refractivity contribution in [1.82, 2.24) is 10.6 Å². The van der Waals surface area contributed by atoms with E-state index >= 15 is 0 Å². The van der Waals surface area contributed by atoms with Crippen molar-refractivity contribution in [2.75, 3.05) is 27.3 Å². The van der Waals surface area contributed by atoms with Gasteiger partial charge in [0.1, 0.15) is 17.1 Å². The summed E-state index contributed by atoms with van der Waals surface area (Å²) in [5, 5.41) is 5.48. The van der Waals surface area contributed by atoms with Crippen molar-refractivity contribution in [1.29, 1.82) is 0 Å². The van der Waals surface area contributed by atoms with Crippen LogP contribution in [0.4, 0.5) is 0 Å². The zero-order chi connectivity index (χ0) is 18.2. The van der Waals surface area contributed by atoms with Gasteiger partial charge in [-0.2, -0.15) is 0 Å². The van der Waals surface area contributed by atoms with Crippen molar-refractivity contribution >= 4 is 24.4 Å². The molecule has 0 saturated heterocycles. The molecule has 0 spiro atoms. The molecule has 0 saturated carbocycles. The Morgan fingerprint density at radius 2 is 1.44 bits per heavy atom. The third-order valence-corrected chi connectivity index (χ3v) is 3.89. The number of hydrogen-bond acceptors (Lipinski definition) is 5. The number of carbonyl (C=O) groups is 2. The van der Waals surface area contributed by atoms with E-state index in [1.165, 1.54) is 14.2 Å². The minimum atomic E-state index is -0.335. The van der Waals surface area contributed by atoms with Crippen molar-refractivity contribution < 1.29 is 19.1 Å². The molecule has 0 aliphatic heterocycles. The quantitative estimate of drug-likeness (QED) is 0.522. The highest BCUT2D eigenvalue weighted by Gasteiger charge is 2.17. The molecule has 2 rings (SSSR count). The lowest BCUT2D eigenvalue weighted by Gasteiger charge is -2.13. The molecule has 6 nitrogen and oxygen atoms in total. The van der Waals surface area contributed by atoms with Crippen LogP contribution in [-0.2, 0) is 0 Å². The molecular formula is C18H20N2O4S. The summed E-state index contributed by atoms with van der Waals surface area (Å²) in [6.07, 6.45) is 0. The van der Waals surface area contributed by atoms with Crippen LogP contribution in [0.2, 0.25) is 0 Å². The van der Waals surface area contributed by atoms with Gasteiger partial charge in [0.05, 0.1) is 19.8 Å². The topological polar surface area (TPSA) is 76.7 Å². The highest BCUT2D eigenvalue weighted by molar-refractivity contribution is 7.80. The van der Waals surface area contributed by atoms with Gasteiger partial charge in [-0.1, -0.05) is 18.2 Å². The number of benzene rings is 2. The van der Waals surface area contributed by atoms with Gasteiger partial charge in [-0.25, -0.2) is 0 Å². The molecular weight excluding hydrogens is 340 g/mol. The van der Waals surface area contributed by atoms with E-state index in [9.17, 15) is 9.59 Å². The zero-order valence-electron chi connectivity index (χ0n) is 14.0. The number of ether oxygens (including phenoxy) is 2. The summed E-state index contributed by atoms with van der Waals surface area (Å²) in [6, 6.07) is 12.1. The molecule has 25 heavy (non-hydrogen) atoms. The molecule has 7 heteroatoms. The Balaban J connectivity index is 1.91. The van der Waals surface area contributed by atoms with E-state index in [2.05, 4.69) is 23.3 Å². The van der Waals surface area contributed by atoms with Crippen LogP contribution in [0, 0.1) is 0 Å². The van der Waals surface area contributed by atoms with Gasteiger partial charge in [0.2, 0.25) is 0 Å². The standard InChI is InChI=1S/C18H20N2O4S/c1-23-13-7-5-8-14(24-2)16(13)18(22)20-11-10-19-17(21)12-6-3-4-9-15(12)25/h3-9,25H,10-11H2,1-2H3,(H,19,21)(H,20,22). The van der Waals surface area contributed by atoms with Crippen LogP contribution in [0.5, 0.6) is 11.5 Å². The number of carbonyl (C=O) groups excluding carboxylic acids is 2. The Morgan fingerprint density at radius 1 is 0.880 bits per heavy atom.